The zero-order valence-electron chi connectivity index (χ0n) is 29.1. The number of amides is 2. The number of carbonyl (C=O) groups is 1. The molecule has 2 amide bonds. The molecule has 0 spiro atoms. The number of carbonyl (C=O) groups excluding carboxylic acids is 1. The summed E-state index contributed by atoms with van der Waals surface area (Å²) >= 11 is 36.0. The van der Waals surface area contributed by atoms with Gasteiger partial charge in [0.15, 0.2) is 0 Å². The maximum absolute atomic E-state index is 13.3. The lowest BCUT2D eigenvalue weighted by Crippen LogP contribution is -2.41. The van der Waals surface area contributed by atoms with E-state index in [0.717, 1.165) is 31.9 Å². The van der Waals surface area contributed by atoms with Crippen LogP contribution in [-0.2, 0) is 9.47 Å². The highest BCUT2D eigenvalue weighted by molar-refractivity contribution is 6.39. The highest BCUT2D eigenvalue weighted by atomic mass is 35.5. The Morgan fingerprint density at radius 1 is 0.719 bits per heavy atom. The van der Waals surface area contributed by atoms with E-state index in [1.54, 1.807) is 31.5 Å². The van der Waals surface area contributed by atoms with Gasteiger partial charge in [0.25, 0.3) is 0 Å². The van der Waals surface area contributed by atoms with E-state index in [9.17, 15) is 13.6 Å². The topological polar surface area (TPSA) is 121 Å². The largest absolute Gasteiger partial charge is 0.399 e. The summed E-state index contributed by atoms with van der Waals surface area (Å²) in [5, 5.41) is 8.07. The van der Waals surface area contributed by atoms with Crippen molar-refractivity contribution in [1.82, 2.24) is 20.2 Å². The summed E-state index contributed by atoms with van der Waals surface area (Å²) in [6.07, 6.45) is 6.16. The molecule has 316 valence electrons. The monoisotopic (exact) mass is 914 g/mol. The number of aromatic nitrogens is 2. The fourth-order valence-corrected chi connectivity index (χ4v) is 7.03. The van der Waals surface area contributed by atoms with Crippen molar-refractivity contribution in [3.05, 3.63) is 103 Å². The first-order valence-electron chi connectivity index (χ1n) is 16.4. The van der Waals surface area contributed by atoms with Crippen molar-refractivity contribution in [2.75, 3.05) is 87.4 Å². The van der Waals surface area contributed by atoms with Crippen molar-refractivity contribution in [3.63, 3.8) is 0 Å². The number of nitrogens with zero attached hydrogens (tertiary/aromatic N) is 5. The lowest BCUT2D eigenvalue weighted by Gasteiger charge is -2.26. The van der Waals surface area contributed by atoms with Crippen LogP contribution in [0, 0.1) is 11.6 Å². The van der Waals surface area contributed by atoms with Gasteiger partial charge in [0.05, 0.1) is 60.3 Å². The van der Waals surface area contributed by atoms with E-state index in [2.05, 4.69) is 25.5 Å². The van der Waals surface area contributed by atoms with Crippen molar-refractivity contribution < 1.29 is 23.0 Å². The number of pyridine rings is 2. The summed E-state index contributed by atoms with van der Waals surface area (Å²) in [6, 6.07) is 7.75. The van der Waals surface area contributed by atoms with Crippen LogP contribution in [0.25, 0.3) is 0 Å². The molecule has 2 atom stereocenters. The number of anilines is 4. The minimum Gasteiger partial charge on any atom is -0.399 e. The Bertz CT molecular complexity index is 1830. The van der Waals surface area contributed by atoms with E-state index < -0.39 is 11.6 Å². The first-order valence-corrected chi connectivity index (χ1v) is 18.6. The third kappa shape index (κ3) is 15.2. The Morgan fingerprint density at radius 2 is 1.21 bits per heavy atom. The normalized spacial score (nSPS) is 16.4. The number of halogens is 8. The Balaban J connectivity index is 0.000000477. The van der Waals surface area contributed by atoms with Gasteiger partial charge in [-0.1, -0.05) is 91.9 Å². The first kappa shape index (κ1) is 51.9. The molecule has 2 aromatic carbocycles. The van der Waals surface area contributed by atoms with Crippen LogP contribution in [0.4, 0.5) is 36.3 Å². The predicted octanol–water partition coefficient (Wildman–Crippen LogP) is 10.3. The van der Waals surface area contributed by atoms with Crippen LogP contribution in [-0.4, -0.2) is 99.7 Å². The molecule has 0 bridgehead atoms. The van der Waals surface area contributed by atoms with Crippen LogP contribution in [0.3, 0.4) is 0 Å². The van der Waals surface area contributed by atoms with E-state index >= 15 is 0 Å². The Hall–Kier alpha value is -3.11. The third-order valence-corrected chi connectivity index (χ3v) is 9.89. The number of hydrogen-bond acceptors (Lipinski definition) is 9. The van der Waals surface area contributed by atoms with Crippen molar-refractivity contribution in [2.24, 2.45) is 0 Å². The fourth-order valence-electron chi connectivity index (χ4n) is 5.45. The molecule has 2 aliphatic rings. The minimum atomic E-state index is -0.546. The van der Waals surface area contributed by atoms with Gasteiger partial charge in [0.2, 0.25) is 0 Å². The lowest BCUT2D eigenvalue weighted by molar-refractivity contribution is 0.0887. The number of ether oxygens (including phenoxy) is 2. The quantitative estimate of drug-likeness (QED) is 0.168. The summed E-state index contributed by atoms with van der Waals surface area (Å²) in [7, 11) is 3.30. The summed E-state index contributed by atoms with van der Waals surface area (Å²) < 4.78 is 36.5. The maximum Gasteiger partial charge on any atom is 0.321 e. The molecule has 2 aromatic heterocycles. The highest BCUT2D eigenvalue weighted by Crippen LogP contribution is 2.34. The van der Waals surface area contributed by atoms with Crippen molar-refractivity contribution in [1.29, 1.82) is 0 Å². The Morgan fingerprint density at radius 3 is 1.70 bits per heavy atom. The average molecular weight is 918 g/mol. The summed E-state index contributed by atoms with van der Waals surface area (Å²) in [4.78, 5) is 26.4. The molecule has 11 nitrogen and oxygen atoms in total. The van der Waals surface area contributed by atoms with Crippen LogP contribution in [0.5, 0.6) is 0 Å². The van der Waals surface area contributed by atoms with Gasteiger partial charge in [-0.2, -0.15) is 0 Å². The van der Waals surface area contributed by atoms with E-state index in [1.165, 1.54) is 48.8 Å². The van der Waals surface area contributed by atoms with Crippen molar-refractivity contribution in [3.8, 4) is 0 Å². The average Bonchev–Trinajstić information content (AvgIpc) is 3.51. The zero-order chi connectivity index (χ0) is 39.4. The SMILES string of the molecule is C.C.C.COC1CN(C(=O)Nc2ccc(F)c(Cl)c2)CCN(c2c(Cl)cncc2Cl)C1.COC1CNCCN(c2c(Cl)cncc2Cl)C1.Nc1ccc(F)c(Cl)c1. The molecule has 0 radical (unpaired) electrons. The lowest BCUT2D eigenvalue weighted by atomic mass is 10.3. The molecule has 4 N–H and O–H groups in total. The van der Waals surface area contributed by atoms with Gasteiger partial charge in [-0.05, 0) is 36.4 Å². The molecule has 57 heavy (non-hydrogen) atoms. The predicted molar refractivity (Wildman–Crippen MR) is 235 cm³/mol. The van der Waals surface area contributed by atoms with E-state index in [0.29, 0.717) is 63.3 Å². The summed E-state index contributed by atoms with van der Waals surface area (Å²) in [5.74, 6) is -0.985. The number of hydrogen-bond donors (Lipinski definition) is 3. The number of nitrogens with two attached hydrogens (primary N) is 1. The zero-order valence-corrected chi connectivity index (χ0v) is 33.7. The number of methoxy groups -OCH3 is 2. The van der Waals surface area contributed by atoms with Gasteiger partial charge in [-0.15, -0.1) is 0 Å². The minimum absolute atomic E-state index is 0. The van der Waals surface area contributed by atoms with Crippen LogP contribution in [0.15, 0.2) is 61.2 Å². The molecule has 2 unspecified atom stereocenters. The molecule has 0 saturated carbocycles. The highest BCUT2D eigenvalue weighted by Gasteiger charge is 2.28. The third-order valence-electron chi connectivity index (χ3n) is 8.20. The van der Waals surface area contributed by atoms with Crippen LogP contribution < -0.4 is 26.2 Å². The smallest absolute Gasteiger partial charge is 0.321 e. The summed E-state index contributed by atoms with van der Waals surface area (Å²) in [5.41, 5.74) is 7.66. The van der Waals surface area contributed by atoms with Crippen LogP contribution in [0.1, 0.15) is 22.3 Å². The first-order chi connectivity index (χ1) is 25.8. The molecule has 2 saturated heterocycles. The van der Waals surface area contributed by atoms with E-state index in [1.807, 2.05) is 4.90 Å². The van der Waals surface area contributed by atoms with Gasteiger partial charge < -0.3 is 40.5 Å². The number of nitrogen functional groups attached to an aromatic ring is 1. The van der Waals surface area contributed by atoms with Gasteiger partial charge in [-0.25, -0.2) is 13.6 Å². The fraction of sp³-hybridized carbons (Fsp3) is 0.395. The standard InChI is InChI=1S/C18H18Cl3FN4O2.C11H15Cl2N3O.C6H5ClFN.3CH4/c1-28-12-9-25(17-14(20)7-23-8-15(17)21)4-5-26(10-12)18(27)24-11-2-3-16(22)13(19)6-11;1-17-8-4-14-2-3-16(7-8)11-9(12)5-15-6-10(11)13;7-5-3-4(9)1-2-6(5)8;;;/h2-3,6-8,12H,4-5,9-10H2,1H3,(H,24,27);5-6,8,14H,2-4,7H2,1H3;1-3H,9H2;3*1H4. The van der Waals surface area contributed by atoms with Crippen LogP contribution in [0.2, 0.25) is 30.1 Å². The second kappa shape index (κ2) is 25.4. The summed E-state index contributed by atoms with van der Waals surface area (Å²) in [6.45, 7) is 5.13. The van der Waals surface area contributed by atoms with Crippen LogP contribution >= 0.6 is 69.6 Å². The molecule has 6 rings (SSSR count). The van der Waals surface area contributed by atoms with Gasteiger partial charge in [-0.3, -0.25) is 9.97 Å². The molecular formula is C38H50Cl6F2N8O3. The second-order valence-corrected chi connectivity index (χ2v) is 14.3. The number of rotatable bonds is 5. The van der Waals surface area contributed by atoms with Crippen molar-refractivity contribution >= 4 is 98.4 Å². The maximum atomic E-state index is 13.3. The Kier molecular flexibility index (Phi) is 23.1. The van der Waals surface area contributed by atoms with E-state index in [4.69, 9.17) is 84.8 Å². The van der Waals surface area contributed by atoms with Gasteiger partial charge in [0, 0.05) is 96.2 Å². The molecule has 2 fully saturated rings. The van der Waals surface area contributed by atoms with Gasteiger partial charge in [0.1, 0.15) is 11.6 Å². The van der Waals surface area contributed by atoms with E-state index in [-0.39, 0.29) is 50.6 Å². The number of benzene rings is 2. The number of urea groups is 1. The molecule has 2 aliphatic heterocycles. The number of nitrogens with one attached hydrogen (secondary N) is 2. The molecular weight excluding hydrogens is 867 g/mol. The molecule has 4 heterocycles. The molecule has 0 aliphatic carbocycles. The molecule has 4 aromatic rings. The second-order valence-electron chi connectivity index (χ2n) is 11.9. The Labute approximate surface area is 364 Å². The van der Waals surface area contributed by atoms with Crippen molar-refractivity contribution in [2.45, 2.75) is 34.5 Å². The molecule has 19 heteroatoms. The van der Waals surface area contributed by atoms with Gasteiger partial charge >= 0.3 is 6.03 Å².